The van der Waals surface area contributed by atoms with Crippen LogP contribution in [0.2, 0.25) is 5.02 Å². The Morgan fingerprint density at radius 2 is 2.05 bits per heavy atom. The van der Waals surface area contributed by atoms with Gasteiger partial charge in [0.15, 0.2) is 0 Å². The second-order valence-corrected chi connectivity index (χ2v) is 6.15. The quantitative estimate of drug-likeness (QED) is 0.820. The molecule has 0 bridgehead atoms. The molecule has 2 nitrogen and oxygen atoms in total. The molecule has 2 aromatic rings. The molecule has 0 spiro atoms. The van der Waals surface area contributed by atoms with Crippen LogP contribution >= 0.6 is 22.9 Å². The molecule has 1 aromatic carbocycles. The number of hydrogen-bond donors (Lipinski definition) is 1. The third kappa shape index (κ3) is 4.06. The SMILES string of the molecule is CCC(N)C(OCCc1cccs1)c1ccccc1Cl. The van der Waals surface area contributed by atoms with Gasteiger partial charge in [0.2, 0.25) is 0 Å². The van der Waals surface area contributed by atoms with Gasteiger partial charge in [-0.25, -0.2) is 0 Å². The van der Waals surface area contributed by atoms with Crippen molar-refractivity contribution in [2.45, 2.75) is 31.9 Å². The average Bonchev–Trinajstić information content (AvgIpc) is 2.97. The maximum Gasteiger partial charge on any atom is 0.0990 e. The standard InChI is InChI=1S/C16H20ClNOS/c1-2-15(18)16(13-7-3-4-8-14(13)17)19-10-9-12-6-5-11-20-12/h3-8,11,15-16H,2,9-10,18H2,1H3. The lowest BCUT2D eigenvalue weighted by atomic mass is 10.0. The first-order valence-corrected chi connectivity index (χ1v) is 8.12. The monoisotopic (exact) mass is 309 g/mol. The molecule has 2 N–H and O–H groups in total. The lowest BCUT2D eigenvalue weighted by molar-refractivity contribution is 0.0358. The summed E-state index contributed by atoms with van der Waals surface area (Å²) in [5, 5.41) is 2.80. The van der Waals surface area contributed by atoms with Crippen molar-refractivity contribution >= 4 is 22.9 Å². The number of nitrogens with two attached hydrogens (primary N) is 1. The number of halogens is 1. The van der Waals surface area contributed by atoms with Crippen LogP contribution in [0.3, 0.4) is 0 Å². The third-order valence-corrected chi connectivity index (χ3v) is 4.58. The van der Waals surface area contributed by atoms with Crippen LogP contribution in [0.4, 0.5) is 0 Å². The second kappa shape index (κ2) is 7.79. The van der Waals surface area contributed by atoms with Crippen LogP contribution in [-0.2, 0) is 11.2 Å². The Balaban J connectivity index is 2.02. The number of hydrogen-bond acceptors (Lipinski definition) is 3. The molecule has 1 aromatic heterocycles. The predicted molar refractivity (Wildman–Crippen MR) is 86.4 cm³/mol. The first-order chi connectivity index (χ1) is 9.72. The van der Waals surface area contributed by atoms with Crippen molar-refractivity contribution in [1.29, 1.82) is 0 Å². The molecule has 0 saturated heterocycles. The van der Waals surface area contributed by atoms with Gasteiger partial charge in [-0.3, -0.25) is 0 Å². The van der Waals surface area contributed by atoms with Gasteiger partial charge in [-0.2, -0.15) is 0 Å². The lowest BCUT2D eigenvalue weighted by Gasteiger charge is -2.24. The van der Waals surface area contributed by atoms with Gasteiger partial charge in [-0.15, -0.1) is 11.3 Å². The summed E-state index contributed by atoms with van der Waals surface area (Å²) in [6, 6.07) is 11.9. The minimum atomic E-state index is -0.145. The van der Waals surface area contributed by atoms with E-state index < -0.39 is 0 Å². The van der Waals surface area contributed by atoms with Crippen LogP contribution in [0, 0.1) is 0 Å². The van der Waals surface area contributed by atoms with Crippen molar-refractivity contribution in [2.24, 2.45) is 5.73 Å². The van der Waals surface area contributed by atoms with Gasteiger partial charge >= 0.3 is 0 Å². The molecule has 20 heavy (non-hydrogen) atoms. The van der Waals surface area contributed by atoms with E-state index in [0.29, 0.717) is 6.61 Å². The second-order valence-electron chi connectivity index (χ2n) is 4.71. The molecular formula is C16H20ClNOS. The van der Waals surface area contributed by atoms with E-state index in [2.05, 4.69) is 24.4 Å². The Kier molecular flexibility index (Phi) is 6.05. The number of rotatable bonds is 7. The van der Waals surface area contributed by atoms with Gasteiger partial charge in [0, 0.05) is 27.9 Å². The fourth-order valence-corrected chi connectivity index (χ4v) is 3.04. The van der Waals surface area contributed by atoms with Crippen LogP contribution in [0.25, 0.3) is 0 Å². The summed E-state index contributed by atoms with van der Waals surface area (Å²) in [7, 11) is 0. The van der Waals surface area contributed by atoms with Gasteiger partial charge in [0.1, 0.15) is 0 Å². The summed E-state index contributed by atoms with van der Waals surface area (Å²) in [5.74, 6) is 0. The maximum atomic E-state index is 6.27. The summed E-state index contributed by atoms with van der Waals surface area (Å²) < 4.78 is 6.03. The molecule has 0 aliphatic rings. The highest BCUT2D eigenvalue weighted by Crippen LogP contribution is 2.28. The first-order valence-electron chi connectivity index (χ1n) is 6.86. The molecule has 0 radical (unpaired) electrons. The Bertz CT molecular complexity index is 515. The van der Waals surface area contributed by atoms with E-state index in [9.17, 15) is 0 Å². The fourth-order valence-electron chi connectivity index (χ4n) is 2.11. The molecule has 1 heterocycles. The summed E-state index contributed by atoms with van der Waals surface area (Å²) in [6.07, 6.45) is 1.62. The Morgan fingerprint density at radius 3 is 2.70 bits per heavy atom. The van der Waals surface area contributed by atoms with Gasteiger partial charge < -0.3 is 10.5 Å². The maximum absolute atomic E-state index is 6.27. The van der Waals surface area contributed by atoms with Crippen LogP contribution in [0.5, 0.6) is 0 Å². The van der Waals surface area contributed by atoms with Gasteiger partial charge in [0.05, 0.1) is 12.7 Å². The Labute approximate surface area is 129 Å². The molecule has 2 rings (SSSR count). The van der Waals surface area contributed by atoms with Crippen molar-refractivity contribution in [3.05, 3.63) is 57.2 Å². The molecule has 0 saturated carbocycles. The van der Waals surface area contributed by atoms with E-state index in [0.717, 1.165) is 23.4 Å². The molecule has 2 atom stereocenters. The zero-order valence-corrected chi connectivity index (χ0v) is 13.2. The fraction of sp³-hybridized carbons (Fsp3) is 0.375. The normalized spacial score (nSPS) is 14.2. The molecule has 0 aliphatic carbocycles. The van der Waals surface area contributed by atoms with Crippen molar-refractivity contribution in [1.82, 2.24) is 0 Å². The molecule has 108 valence electrons. The summed E-state index contributed by atoms with van der Waals surface area (Å²) in [5.41, 5.74) is 7.18. The van der Waals surface area contributed by atoms with E-state index in [1.54, 1.807) is 11.3 Å². The molecule has 0 amide bonds. The van der Waals surface area contributed by atoms with Crippen molar-refractivity contribution in [2.75, 3.05) is 6.61 Å². The van der Waals surface area contributed by atoms with Crippen LogP contribution in [0.15, 0.2) is 41.8 Å². The van der Waals surface area contributed by atoms with Crippen LogP contribution < -0.4 is 5.73 Å². The van der Waals surface area contributed by atoms with Crippen molar-refractivity contribution < 1.29 is 4.74 Å². The van der Waals surface area contributed by atoms with E-state index in [-0.39, 0.29) is 12.1 Å². The molecule has 0 fully saturated rings. The summed E-state index contributed by atoms with van der Waals surface area (Å²) in [6.45, 7) is 2.72. The molecule has 2 unspecified atom stereocenters. The van der Waals surface area contributed by atoms with E-state index in [4.69, 9.17) is 22.1 Å². The zero-order valence-electron chi connectivity index (χ0n) is 11.6. The van der Waals surface area contributed by atoms with Gasteiger partial charge in [-0.1, -0.05) is 42.8 Å². The molecule has 4 heteroatoms. The topological polar surface area (TPSA) is 35.2 Å². The lowest BCUT2D eigenvalue weighted by Crippen LogP contribution is -2.30. The van der Waals surface area contributed by atoms with Crippen molar-refractivity contribution in [3.63, 3.8) is 0 Å². The highest BCUT2D eigenvalue weighted by molar-refractivity contribution is 7.09. The van der Waals surface area contributed by atoms with Crippen molar-refractivity contribution in [3.8, 4) is 0 Å². The van der Waals surface area contributed by atoms with E-state index in [1.165, 1.54) is 4.88 Å². The Hall–Kier alpha value is -0.870. The highest BCUT2D eigenvalue weighted by atomic mass is 35.5. The predicted octanol–water partition coefficient (Wildman–Crippen LogP) is 4.44. The minimum absolute atomic E-state index is 0.0433. The van der Waals surface area contributed by atoms with Crippen LogP contribution in [0.1, 0.15) is 29.9 Å². The van der Waals surface area contributed by atoms with Crippen LogP contribution in [-0.4, -0.2) is 12.6 Å². The third-order valence-electron chi connectivity index (χ3n) is 3.30. The molecule has 0 aliphatic heterocycles. The minimum Gasteiger partial charge on any atom is -0.371 e. The van der Waals surface area contributed by atoms with Gasteiger partial charge in [0.25, 0.3) is 0 Å². The number of benzene rings is 1. The zero-order chi connectivity index (χ0) is 14.4. The van der Waals surface area contributed by atoms with Gasteiger partial charge in [-0.05, 0) is 23.9 Å². The Morgan fingerprint density at radius 1 is 1.25 bits per heavy atom. The average molecular weight is 310 g/mol. The number of ether oxygens (including phenoxy) is 1. The molecular weight excluding hydrogens is 290 g/mol. The largest absolute Gasteiger partial charge is 0.371 e. The van der Waals surface area contributed by atoms with E-state index >= 15 is 0 Å². The van der Waals surface area contributed by atoms with E-state index in [1.807, 2.05) is 24.3 Å². The smallest absolute Gasteiger partial charge is 0.0990 e. The highest BCUT2D eigenvalue weighted by Gasteiger charge is 2.21. The number of thiophene rings is 1. The first kappa shape index (κ1) is 15.5. The summed E-state index contributed by atoms with van der Waals surface area (Å²) >= 11 is 8.02. The summed E-state index contributed by atoms with van der Waals surface area (Å²) in [4.78, 5) is 1.33.